The Morgan fingerprint density at radius 3 is 2.69 bits per heavy atom. The first-order chi connectivity index (χ1) is 6.19. The van der Waals surface area contributed by atoms with E-state index < -0.39 is 0 Å². The summed E-state index contributed by atoms with van der Waals surface area (Å²) in [6.07, 6.45) is 0.704. The van der Waals surface area contributed by atoms with Gasteiger partial charge in [-0.05, 0) is 18.1 Å². The van der Waals surface area contributed by atoms with Gasteiger partial charge in [-0.3, -0.25) is 0 Å². The molecule has 13 heavy (non-hydrogen) atoms. The number of aliphatic hydroxyl groups is 1. The molecule has 1 rings (SSSR count). The zero-order valence-electron chi connectivity index (χ0n) is 7.63. The lowest BCUT2D eigenvalue weighted by molar-refractivity contribution is 0.281. The van der Waals surface area contributed by atoms with Crippen LogP contribution in [0.3, 0.4) is 0 Å². The van der Waals surface area contributed by atoms with Gasteiger partial charge in [0, 0.05) is 11.6 Å². The van der Waals surface area contributed by atoms with E-state index in [2.05, 4.69) is 0 Å². The maximum absolute atomic E-state index is 13.3. The van der Waals surface area contributed by atoms with Crippen LogP contribution in [0.5, 0.6) is 0 Å². The molecule has 0 amide bonds. The zero-order chi connectivity index (χ0) is 9.84. The molecule has 3 N–H and O–H groups in total. The van der Waals surface area contributed by atoms with Crippen LogP contribution in [0, 0.1) is 5.82 Å². The summed E-state index contributed by atoms with van der Waals surface area (Å²) >= 11 is 0. The van der Waals surface area contributed by atoms with Gasteiger partial charge < -0.3 is 10.8 Å². The summed E-state index contributed by atoms with van der Waals surface area (Å²) in [5.41, 5.74) is 6.77. The fourth-order valence-electron chi connectivity index (χ4n) is 1.19. The molecule has 1 atom stereocenters. The van der Waals surface area contributed by atoms with Gasteiger partial charge in [-0.1, -0.05) is 19.1 Å². The zero-order valence-corrected chi connectivity index (χ0v) is 7.63. The van der Waals surface area contributed by atoms with Crippen LogP contribution in [0.2, 0.25) is 0 Å². The Morgan fingerprint density at radius 1 is 1.54 bits per heavy atom. The molecular weight excluding hydrogens is 169 g/mol. The van der Waals surface area contributed by atoms with Crippen LogP contribution in [0.4, 0.5) is 4.39 Å². The molecule has 0 aromatic heterocycles. The molecule has 0 aliphatic rings. The quantitative estimate of drug-likeness (QED) is 0.749. The highest BCUT2D eigenvalue weighted by atomic mass is 19.1. The molecule has 0 bridgehead atoms. The van der Waals surface area contributed by atoms with Gasteiger partial charge in [0.05, 0.1) is 6.61 Å². The van der Waals surface area contributed by atoms with Crippen LogP contribution in [-0.2, 0) is 6.61 Å². The minimum Gasteiger partial charge on any atom is -0.392 e. The molecule has 0 aliphatic heterocycles. The third kappa shape index (κ3) is 2.26. The molecule has 0 saturated heterocycles. The number of rotatable bonds is 3. The topological polar surface area (TPSA) is 46.2 Å². The van der Waals surface area contributed by atoms with Crippen LogP contribution in [0.1, 0.15) is 30.5 Å². The molecule has 1 aromatic carbocycles. The highest BCUT2D eigenvalue weighted by Gasteiger charge is 2.09. The van der Waals surface area contributed by atoms with Crippen molar-refractivity contribution in [1.29, 1.82) is 0 Å². The van der Waals surface area contributed by atoms with E-state index in [1.807, 2.05) is 6.92 Å². The van der Waals surface area contributed by atoms with Gasteiger partial charge in [0.25, 0.3) is 0 Å². The van der Waals surface area contributed by atoms with Crippen molar-refractivity contribution >= 4 is 0 Å². The molecule has 0 radical (unpaired) electrons. The lowest BCUT2D eigenvalue weighted by Crippen LogP contribution is -2.10. The fourth-order valence-corrected chi connectivity index (χ4v) is 1.19. The van der Waals surface area contributed by atoms with Crippen molar-refractivity contribution in [2.45, 2.75) is 26.0 Å². The van der Waals surface area contributed by atoms with E-state index in [4.69, 9.17) is 10.8 Å². The van der Waals surface area contributed by atoms with Crippen molar-refractivity contribution in [3.05, 3.63) is 35.1 Å². The maximum atomic E-state index is 13.3. The Bertz CT molecular complexity index is 288. The second-order valence-corrected chi connectivity index (χ2v) is 3.03. The molecule has 0 heterocycles. The summed E-state index contributed by atoms with van der Waals surface area (Å²) in [4.78, 5) is 0. The van der Waals surface area contributed by atoms with Crippen molar-refractivity contribution in [2.24, 2.45) is 5.73 Å². The summed E-state index contributed by atoms with van der Waals surface area (Å²) < 4.78 is 13.3. The third-order valence-electron chi connectivity index (χ3n) is 2.09. The highest BCUT2D eigenvalue weighted by molar-refractivity contribution is 5.26. The minimum absolute atomic E-state index is 0.140. The number of hydrogen-bond acceptors (Lipinski definition) is 2. The van der Waals surface area contributed by atoms with E-state index in [1.54, 1.807) is 12.1 Å². The van der Waals surface area contributed by atoms with Crippen molar-refractivity contribution in [3.63, 3.8) is 0 Å². The summed E-state index contributed by atoms with van der Waals surface area (Å²) in [5.74, 6) is -0.332. The monoisotopic (exact) mass is 183 g/mol. The second kappa shape index (κ2) is 4.35. The summed E-state index contributed by atoms with van der Waals surface area (Å²) in [6, 6.07) is 4.39. The van der Waals surface area contributed by atoms with Gasteiger partial charge in [-0.25, -0.2) is 4.39 Å². The van der Waals surface area contributed by atoms with E-state index >= 15 is 0 Å². The Balaban J connectivity index is 2.98. The first-order valence-corrected chi connectivity index (χ1v) is 4.33. The number of nitrogens with two attached hydrogens (primary N) is 1. The lowest BCUT2D eigenvalue weighted by Gasteiger charge is -2.10. The highest BCUT2D eigenvalue weighted by Crippen LogP contribution is 2.18. The number of aliphatic hydroxyl groups excluding tert-OH is 1. The predicted molar refractivity (Wildman–Crippen MR) is 49.5 cm³/mol. The van der Waals surface area contributed by atoms with Crippen LogP contribution < -0.4 is 5.73 Å². The minimum atomic E-state index is -0.332. The van der Waals surface area contributed by atoms with Crippen molar-refractivity contribution in [3.8, 4) is 0 Å². The largest absolute Gasteiger partial charge is 0.392 e. The van der Waals surface area contributed by atoms with Gasteiger partial charge in [0.2, 0.25) is 0 Å². The van der Waals surface area contributed by atoms with Crippen molar-refractivity contribution < 1.29 is 9.50 Å². The molecule has 3 heteroatoms. The summed E-state index contributed by atoms with van der Waals surface area (Å²) in [5, 5.41) is 8.75. The Hall–Kier alpha value is -0.930. The Labute approximate surface area is 77.2 Å². The van der Waals surface area contributed by atoms with Gasteiger partial charge in [-0.2, -0.15) is 0 Å². The summed E-state index contributed by atoms with van der Waals surface area (Å²) in [6.45, 7) is 1.77. The molecule has 0 fully saturated rings. The number of halogens is 1. The Kier molecular flexibility index (Phi) is 3.39. The smallest absolute Gasteiger partial charge is 0.128 e. The molecule has 2 nitrogen and oxygen atoms in total. The molecule has 0 saturated carbocycles. The first kappa shape index (κ1) is 10.2. The fraction of sp³-hybridized carbons (Fsp3) is 0.400. The SMILES string of the molecule is CC[C@H](N)c1ccc(CO)cc1F. The maximum Gasteiger partial charge on any atom is 0.128 e. The van der Waals surface area contributed by atoms with E-state index in [-0.39, 0.29) is 18.5 Å². The predicted octanol–water partition coefficient (Wildman–Crippen LogP) is 1.73. The number of hydrogen-bond donors (Lipinski definition) is 2. The van der Waals surface area contributed by atoms with Gasteiger partial charge in [0.1, 0.15) is 5.82 Å². The van der Waals surface area contributed by atoms with Gasteiger partial charge in [0.15, 0.2) is 0 Å². The lowest BCUT2D eigenvalue weighted by atomic mass is 10.0. The molecule has 0 spiro atoms. The van der Waals surface area contributed by atoms with E-state index in [0.29, 0.717) is 17.5 Å². The van der Waals surface area contributed by atoms with Gasteiger partial charge in [-0.15, -0.1) is 0 Å². The van der Waals surface area contributed by atoms with Crippen LogP contribution >= 0.6 is 0 Å². The molecule has 72 valence electrons. The van der Waals surface area contributed by atoms with E-state index in [9.17, 15) is 4.39 Å². The molecule has 1 aromatic rings. The normalized spacial score (nSPS) is 12.9. The average Bonchev–Trinajstić information content (AvgIpc) is 2.16. The van der Waals surface area contributed by atoms with E-state index in [1.165, 1.54) is 6.07 Å². The molecule has 0 unspecified atom stereocenters. The molecule has 0 aliphatic carbocycles. The van der Waals surface area contributed by atoms with Crippen molar-refractivity contribution in [1.82, 2.24) is 0 Å². The van der Waals surface area contributed by atoms with Gasteiger partial charge >= 0.3 is 0 Å². The standard InChI is InChI=1S/C10H14FNO/c1-2-10(12)8-4-3-7(6-13)5-9(8)11/h3-5,10,13H,2,6,12H2,1H3/t10-/m0/s1. The third-order valence-corrected chi connectivity index (χ3v) is 2.09. The van der Waals surface area contributed by atoms with Crippen molar-refractivity contribution in [2.75, 3.05) is 0 Å². The molecular formula is C10H14FNO. The van der Waals surface area contributed by atoms with Crippen LogP contribution in [0.15, 0.2) is 18.2 Å². The van der Waals surface area contributed by atoms with Crippen LogP contribution in [0.25, 0.3) is 0 Å². The first-order valence-electron chi connectivity index (χ1n) is 4.33. The average molecular weight is 183 g/mol. The Morgan fingerprint density at radius 2 is 2.23 bits per heavy atom. The second-order valence-electron chi connectivity index (χ2n) is 3.03. The van der Waals surface area contributed by atoms with E-state index in [0.717, 1.165) is 0 Å². The number of benzene rings is 1. The van der Waals surface area contributed by atoms with Crippen LogP contribution in [-0.4, -0.2) is 5.11 Å². The summed E-state index contributed by atoms with van der Waals surface area (Å²) in [7, 11) is 0.